The number of thioether (sulfide) groups is 1. The van der Waals surface area contributed by atoms with Gasteiger partial charge < -0.3 is 10.4 Å². The second-order valence-electron chi connectivity index (χ2n) is 5.36. The first-order valence-electron chi connectivity index (χ1n) is 7.42. The summed E-state index contributed by atoms with van der Waals surface area (Å²) in [7, 11) is 0. The van der Waals surface area contributed by atoms with Gasteiger partial charge in [0.1, 0.15) is 0 Å². The van der Waals surface area contributed by atoms with E-state index in [1.807, 2.05) is 6.07 Å². The van der Waals surface area contributed by atoms with Crippen molar-refractivity contribution in [2.24, 2.45) is 4.99 Å². The molecule has 0 saturated carbocycles. The number of fused-ring (bicyclic) bond motifs is 1. The van der Waals surface area contributed by atoms with Gasteiger partial charge in [0.05, 0.1) is 33.7 Å². The number of nitriles is 1. The van der Waals surface area contributed by atoms with Crippen molar-refractivity contribution >= 4 is 40.1 Å². The molecule has 0 atom stereocenters. The van der Waals surface area contributed by atoms with Gasteiger partial charge in [-0.2, -0.15) is 5.26 Å². The van der Waals surface area contributed by atoms with E-state index in [2.05, 4.69) is 10.3 Å². The molecule has 1 amide bonds. The van der Waals surface area contributed by atoms with Crippen LogP contribution in [0.25, 0.3) is 0 Å². The summed E-state index contributed by atoms with van der Waals surface area (Å²) in [5.41, 5.74) is 2.97. The van der Waals surface area contributed by atoms with Crippen LogP contribution in [0.4, 0.5) is 11.4 Å². The standard InChI is InChI=1S/C18H13N3O3S/c19-9-11-1-5-14(6-2-11)20-16(22)10-25-17-8-12-3-4-13(18(23)24)7-15(12)21-17/h1-7H,8,10H2,(H,20,22)(H,23,24). The Kier molecular flexibility index (Phi) is 4.82. The maximum atomic E-state index is 12.0. The summed E-state index contributed by atoms with van der Waals surface area (Å²) in [6.45, 7) is 0. The van der Waals surface area contributed by atoms with E-state index in [-0.39, 0.29) is 17.2 Å². The van der Waals surface area contributed by atoms with Crippen LogP contribution in [-0.4, -0.2) is 27.8 Å². The van der Waals surface area contributed by atoms with E-state index in [1.54, 1.807) is 42.5 Å². The van der Waals surface area contributed by atoms with Gasteiger partial charge in [0.15, 0.2) is 0 Å². The number of nitrogens with zero attached hydrogens (tertiary/aromatic N) is 2. The van der Waals surface area contributed by atoms with Gasteiger partial charge >= 0.3 is 5.97 Å². The van der Waals surface area contributed by atoms with Crippen molar-refractivity contribution in [3.8, 4) is 6.07 Å². The Bertz CT molecular complexity index is 914. The maximum absolute atomic E-state index is 12.0. The van der Waals surface area contributed by atoms with E-state index >= 15 is 0 Å². The Labute approximate surface area is 148 Å². The lowest BCUT2D eigenvalue weighted by Gasteiger charge is -2.05. The number of carboxylic acids is 1. The zero-order valence-electron chi connectivity index (χ0n) is 13.0. The number of aromatic carboxylic acids is 1. The molecule has 1 aliphatic heterocycles. The van der Waals surface area contributed by atoms with E-state index in [0.29, 0.717) is 23.4 Å². The number of anilines is 1. The molecular formula is C18H13N3O3S. The van der Waals surface area contributed by atoms with Crippen LogP contribution < -0.4 is 5.32 Å². The molecule has 3 rings (SSSR count). The van der Waals surface area contributed by atoms with Gasteiger partial charge in [-0.3, -0.25) is 4.79 Å². The van der Waals surface area contributed by atoms with E-state index in [0.717, 1.165) is 10.6 Å². The number of nitrogens with one attached hydrogen (secondary N) is 1. The van der Waals surface area contributed by atoms with E-state index in [1.165, 1.54) is 11.8 Å². The first-order valence-corrected chi connectivity index (χ1v) is 8.40. The molecule has 6 nitrogen and oxygen atoms in total. The first-order chi connectivity index (χ1) is 12.0. The van der Waals surface area contributed by atoms with Crippen LogP contribution in [0.15, 0.2) is 47.5 Å². The lowest BCUT2D eigenvalue weighted by atomic mass is 10.1. The third-order valence-corrected chi connectivity index (χ3v) is 4.56. The smallest absolute Gasteiger partial charge is 0.335 e. The van der Waals surface area contributed by atoms with Crippen molar-refractivity contribution in [3.05, 3.63) is 59.2 Å². The zero-order chi connectivity index (χ0) is 17.8. The normalized spacial score (nSPS) is 12.0. The minimum absolute atomic E-state index is 0.167. The van der Waals surface area contributed by atoms with Crippen LogP contribution >= 0.6 is 11.8 Å². The van der Waals surface area contributed by atoms with Crippen LogP contribution in [-0.2, 0) is 11.2 Å². The summed E-state index contributed by atoms with van der Waals surface area (Å²) in [6, 6.07) is 13.5. The monoisotopic (exact) mass is 351 g/mol. The third-order valence-electron chi connectivity index (χ3n) is 3.59. The molecule has 124 valence electrons. The van der Waals surface area contributed by atoms with Crippen LogP contribution in [0.1, 0.15) is 21.5 Å². The molecule has 0 fully saturated rings. The molecule has 0 aliphatic carbocycles. The molecule has 0 unspecified atom stereocenters. The summed E-state index contributed by atoms with van der Waals surface area (Å²) in [4.78, 5) is 27.4. The van der Waals surface area contributed by atoms with Crippen molar-refractivity contribution in [2.75, 3.05) is 11.1 Å². The number of carboxylic acid groups (broad SMARTS) is 1. The van der Waals surface area contributed by atoms with E-state index in [9.17, 15) is 9.59 Å². The Balaban J connectivity index is 1.56. The fourth-order valence-corrected chi connectivity index (χ4v) is 3.13. The van der Waals surface area contributed by atoms with Gasteiger partial charge in [0.25, 0.3) is 0 Å². The average molecular weight is 351 g/mol. The lowest BCUT2D eigenvalue weighted by Crippen LogP contribution is -2.15. The van der Waals surface area contributed by atoms with Gasteiger partial charge in [-0.25, -0.2) is 9.79 Å². The largest absolute Gasteiger partial charge is 0.478 e. The lowest BCUT2D eigenvalue weighted by molar-refractivity contribution is -0.113. The van der Waals surface area contributed by atoms with Crippen LogP contribution in [0, 0.1) is 11.3 Å². The Morgan fingerprint density at radius 1 is 1.24 bits per heavy atom. The van der Waals surface area contributed by atoms with E-state index in [4.69, 9.17) is 10.4 Å². The molecule has 1 aliphatic rings. The quantitative estimate of drug-likeness (QED) is 0.880. The SMILES string of the molecule is N#Cc1ccc(NC(=O)CSC2=Nc3cc(C(=O)O)ccc3C2)cc1. The highest BCUT2D eigenvalue weighted by molar-refractivity contribution is 8.14. The van der Waals surface area contributed by atoms with Crippen molar-refractivity contribution in [1.29, 1.82) is 5.26 Å². The highest BCUT2D eigenvalue weighted by Crippen LogP contribution is 2.31. The fourth-order valence-electron chi connectivity index (χ4n) is 2.34. The number of hydrogen-bond acceptors (Lipinski definition) is 5. The molecule has 2 aromatic rings. The predicted octanol–water partition coefficient (Wildman–Crippen LogP) is 3.21. The molecule has 2 aromatic carbocycles. The highest BCUT2D eigenvalue weighted by Gasteiger charge is 2.18. The maximum Gasteiger partial charge on any atom is 0.335 e. The molecule has 25 heavy (non-hydrogen) atoms. The van der Waals surface area contributed by atoms with Crippen molar-refractivity contribution in [2.45, 2.75) is 6.42 Å². The van der Waals surface area contributed by atoms with Crippen molar-refractivity contribution in [1.82, 2.24) is 0 Å². The van der Waals surface area contributed by atoms with Gasteiger partial charge in [-0.05, 0) is 42.0 Å². The number of aliphatic imine (C=N–C) groups is 1. The number of rotatable bonds is 4. The van der Waals surface area contributed by atoms with Crippen molar-refractivity contribution in [3.63, 3.8) is 0 Å². The van der Waals surface area contributed by atoms with Gasteiger partial charge in [-0.1, -0.05) is 6.07 Å². The second-order valence-corrected chi connectivity index (χ2v) is 6.41. The molecule has 0 aromatic heterocycles. The molecule has 1 heterocycles. The number of amides is 1. The van der Waals surface area contributed by atoms with Crippen molar-refractivity contribution < 1.29 is 14.7 Å². The third kappa shape index (κ3) is 4.05. The second kappa shape index (κ2) is 7.20. The Morgan fingerprint density at radius 3 is 2.68 bits per heavy atom. The minimum atomic E-state index is -0.985. The Hall–Kier alpha value is -3.11. The minimum Gasteiger partial charge on any atom is -0.478 e. The summed E-state index contributed by atoms with van der Waals surface area (Å²) < 4.78 is 0. The van der Waals surface area contributed by atoms with Gasteiger partial charge in [-0.15, -0.1) is 11.8 Å². The predicted molar refractivity (Wildman–Crippen MR) is 96.4 cm³/mol. The molecule has 2 N–H and O–H groups in total. The number of carbonyl (C=O) groups is 2. The van der Waals surface area contributed by atoms with Gasteiger partial charge in [0.2, 0.25) is 5.91 Å². The average Bonchev–Trinajstić information content (AvgIpc) is 3.02. The molecule has 0 saturated heterocycles. The zero-order valence-corrected chi connectivity index (χ0v) is 13.8. The molecule has 7 heteroatoms. The number of hydrogen-bond donors (Lipinski definition) is 2. The van der Waals surface area contributed by atoms with E-state index < -0.39 is 5.97 Å². The topological polar surface area (TPSA) is 103 Å². The highest BCUT2D eigenvalue weighted by atomic mass is 32.2. The van der Waals surface area contributed by atoms with Crippen LogP contribution in [0.3, 0.4) is 0 Å². The Morgan fingerprint density at radius 2 is 2.00 bits per heavy atom. The number of benzene rings is 2. The molecule has 0 spiro atoms. The summed E-state index contributed by atoms with van der Waals surface area (Å²) in [5.74, 6) is -0.945. The summed E-state index contributed by atoms with van der Waals surface area (Å²) in [5, 5.41) is 21.3. The van der Waals surface area contributed by atoms with Gasteiger partial charge in [0, 0.05) is 12.1 Å². The number of carbonyl (C=O) groups excluding carboxylic acids is 1. The van der Waals surface area contributed by atoms with Crippen LogP contribution in [0.5, 0.6) is 0 Å². The molecule has 0 bridgehead atoms. The fraction of sp³-hybridized carbons (Fsp3) is 0.111. The molecule has 0 radical (unpaired) electrons. The summed E-state index contributed by atoms with van der Waals surface area (Å²) >= 11 is 1.33. The summed E-state index contributed by atoms with van der Waals surface area (Å²) in [6.07, 6.45) is 0.601. The van der Waals surface area contributed by atoms with Crippen LogP contribution in [0.2, 0.25) is 0 Å². The molecular weight excluding hydrogens is 338 g/mol. The first kappa shape index (κ1) is 16.7.